The fourth-order valence-corrected chi connectivity index (χ4v) is 2.78. The average Bonchev–Trinajstić information content (AvgIpc) is 2.94. The molecule has 130 valence electrons. The fourth-order valence-electron chi connectivity index (χ4n) is 2.78. The lowest BCUT2D eigenvalue weighted by Crippen LogP contribution is -2.20. The summed E-state index contributed by atoms with van der Waals surface area (Å²) >= 11 is 0. The number of fused-ring (bicyclic) bond motifs is 3. The molecule has 0 fully saturated rings. The lowest BCUT2D eigenvalue weighted by molar-refractivity contribution is 0.0481. The number of hydrogen-bond donors (Lipinski definition) is 0. The molecule has 3 aromatic rings. The number of esters is 2. The number of nitrogens with zero attached hydrogens (tertiary/aromatic N) is 2. The number of aromatic nitrogens is 1. The highest BCUT2D eigenvalue weighted by Gasteiger charge is 2.19. The van der Waals surface area contributed by atoms with Gasteiger partial charge >= 0.3 is 11.9 Å². The van der Waals surface area contributed by atoms with Crippen molar-refractivity contribution < 1.29 is 19.1 Å². The number of benzene rings is 1. The van der Waals surface area contributed by atoms with Gasteiger partial charge in [0.25, 0.3) is 0 Å². The fraction of sp³-hybridized carbons (Fsp3) is 0.263. The van der Waals surface area contributed by atoms with Gasteiger partial charge in [-0.3, -0.25) is 0 Å². The minimum absolute atomic E-state index is 0.323. The van der Waals surface area contributed by atoms with Crippen molar-refractivity contribution in [2.24, 2.45) is 0 Å². The first-order valence-corrected chi connectivity index (χ1v) is 7.96. The van der Waals surface area contributed by atoms with E-state index in [9.17, 15) is 9.59 Å². The normalized spacial score (nSPS) is 11.2. The zero-order valence-electron chi connectivity index (χ0n) is 14.5. The van der Waals surface area contributed by atoms with E-state index in [1.165, 1.54) is 7.11 Å². The van der Waals surface area contributed by atoms with Crippen molar-refractivity contribution in [2.45, 2.75) is 0 Å². The first kappa shape index (κ1) is 17.0. The maximum Gasteiger partial charge on any atom is 0.340 e. The molecule has 3 rings (SSSR count). The first-order chi connectivity index (χ1) is 12.0. The third-order valence-corrected chi connectivity index (χ3v) is 4.03. The van der Waals surface area contributed by atoms with Gasteiger partial charge in [-0.15, -0.1) is 0 Å². The smallest absolute Gasteiger partial charge is 0.340 e. The molecule has 2 aromatic heterocycles. The molecule has 0 saturated carbocycles. The van der Waals surface area contributed by atoms with E-state index in [1.807, 2.05) is 47.7 Å². The molecular weight excluding hydrogens is 320 g/mol. The number of carbonyl (C=O) groups excluding carboxylic acids is 2. The summed E-state index contributed by atoms with van der Waals surface area (Å²) in [4.78, 5) is 26.4. The molecule has 0 radical (unpaired) electrons. The summed E-state index contributed by atoms with van der Waals surface area (Å²) in [5.41, 5.74) is 2.45. The second kappa shape index (κ2) is 6.94. The molecule has 0 saturated heterocycles. The number of likely N-dealkylation sites (N-methyl/N-ethyl adjacent to an activating group) is 1. The predicted octanol–water partition coefficient (Wildman–Crippen LogP) is 2.60. The molecule has 1 aromatic carbocycles. The van der Waals surface area contributed by atoms with Gasteiger partial charge in [-0.1, -0.05) is 18.2 Å². The Hall–Kier alpha value is -2.86. The van der Waals surface area contributed by atoms with Crippen LogP contribution in [0, 0.1) is 0 Å². The summed E-state index contributed by atoms with van der Waals surface area (Å²) in [6.07, 6.45) is 1.70. The van der Waals surface area contributed by atoms with Crippen molar-refractivity contribution >= 4 is 28.4 Å². The highest BCUT2D eigenvalue weighted by atomic mass is 16.5. The maximum absolute atomic E-state index is 12.3. The first-order valence-electron chi connectivity index (χ1n) is 7.96. The van der Waals surface area contributed by atoms with Crippen LogP contribution in [-0.2, 0) is 9.47 Å². The summed E-state index contributed by atoms with van der Waals surface area (Å²) in [5.74, 6) is -0.791. The zero-order valence-corrected chi connectivity index (χ0v) is 14.5. The van der Waals surface area contributed by atoms with Gasteiger partial charge in [0.1, 0.15) is 6.61 Å². The molecule has 0 amide bonds. The molecule has 0 aliphatic rings. The van der Waals surface area contributed by atoms with Crippen molar-refractivity contribution in [3.8, 4) is 0 Å². The molecule has 25 heavy (non-hydrogen) atoms. The van der Waals surface area contributed by atoms with Crippen molar-refractivity contribution in [1.29, 1.82) is 0 Å². The SMILES string of the molecule is COC(=O)c1c2ccccc2n2cc(C(=O)OCCN(C)C)ccc12. The van der Waals surface area contributed by atoms with Crippen LogP contribution < -0.4 is 0 Å². The van der Waals surface area contributed by atoms with E-state index in [1.54, 1.807) is 18.3 Å². The maximum atomic E-state index is 12.3. The van der Waals surface area contributed by atoms with Crippen LogP contribution in [0.4, 0.5) is 0 Å². The number of methoxy groups -OCH3 is 1. The summed E-state index contributed by atoms with van der Waals surface area (Å²) in [7, 11) is 5.19. The second-order valence-electron chi connectivity index (χ2n) is 6.00. The van der Waals surface area contributed by atoms with Gasteiger partial charge in [-0.2, -0.15) is 0 Å². The van der Waals surface area contributed by atoms with Crippen molar-refractivity contribution in [3.63, 3.8) is 0 Å². The van der Waals surface area contributed by atoms with Crippen LogP contribution in [0.25, 0.3) is 16.4 Å². The number of hydrogen-bond acceptors (Lipinski definition) is 5. The third kappa shape index (κ3) is 3.21. The Kier molecular flexibility index (Phi) is 4.72. The summed E-state index contributed by atoms with van der Waals surface area (Å²) < 4.78 is 12.0. The van der Waals surface area contributed by atoms with E-state index in [0.717, 1.165) is 10.9 Å². The van der Waals surface area contributed by atoms with Crippen LogP contribution in [0.1, 0.15) is 20.7 Å². The van der Waals surface area contributed by atoms with Crippen LogP contribution in [-0.4, -0.2) is 55.6 Å². The van der Waals surface area contributed by atoms with Crippen LogP contribution in [0.3, 0.4) is 0 Å². The Labute approximate surface area is 145 Å². The van der Waals surface area contributed by atoms with Gasteiger partial charge in [0.2, 0.25) is 0 Å². The Morgan fingerprint density at radius 1 is 1.04 bits per heavy atom. The van der Waals surface area contributed by atoms with Gasteiger partial charge in [0.15, 0.2) is 0 Å². The number of pyridine rings is 1. The predicted molar refractivity (Wildman–Crippen MR) is 95.1 cm³/mol. The molecule has 2 heterocycles. The molecule has 0 aliphatic carbocycles. The number of ether oxygens (including phenoxy) is 2. The molecule has 0 aliphatic heterocycles. The molecule has 0 unspecified atom stereocenters. The largest absolute Gasteiger partial charge is 0.465 e. The Balaban J connectivity index is 2.04. The van der Waals surface area contributed by atoms with Crippen molar-refractivity contribution in [2.75, 3.05) is 34.4 Å². The Morgan fingerprint density at radius 3 is 2.52 bits per heavy atom. The second-order valence-corrected chi connectivity index (χ2v) is 6.00. The van der Waals surface area contributed by atoms with E-state index in [2.05, 4.69) is 0 Å². The summed E-state index contributed by atoms with van der Waals surface area (Å²) in [6, 6.07) is 10.9. The van der Waals surface area contributed by atoms with Gasteiger partial charge in [-0.05, 0) is 32.3 Å². The van der Waals surface area contributed by atoms with Crippen LogP contribution in [0.5, 0.6) is 0 Å². The van der Waals surface area contributed by atoms with Crippen LogP contribution in [0.15, 0.2) is 42.6 Å². The molecule has 6 nitrogen and oxygen atoms in total. The van der Waals surface area contributed by atoms with E-state index >= 15 is 0 Å². The standard InChI is InChI=1S/C19H20N2O4/c1-20(2)10-11-25-18(22)13-8-9-16-17(19(23)24-3)14-6-4-5-7-15(14)21(16)12-13/h4-9,12H,10-11H2,1-3H3. The molecule has 0 bridgehead atoms. The lowest BCUT2D eigenvalue weighted by atomic mass is 10.1. The zero-order chi connectivity index (χ0) is 18.0. The number of para-hydroxylation sites is 1. The van der Waals surface area contributed by atoms with E-state index in [0.29, 0.717) is 29.8 Å². The Morgan fingerprint density at radius 2 is 1.80 bits per heavy atom. The highest BCUT2D eigenvalue weighted by molar-refractivity contribution is 6.12. The molecule has 0 spiro atoms. The number of carbonyl (C=O) groups is 2. The van der Waals surface area contributed by atoms with Gasteiger partial charge in [0, 0.05) is 18.1 Å². The average molecular weight is 340 g/mol. The van der Waals surface area contributed by atoms with Crippen LogP contribution >= 0.6 is 0 Å². The van der Waals surface area contributed by atoms with Crippen molar-refractivity contribution in [1.82, 2.24) is 9.30 Å². The minimum Gasteiger partial charge on any atom is -0.465 e. The quantitative estimate of drug-likeness (QED) is 0.668. The summed E-state index contributed by atoms with van der Waals surface area (Å²) in [6.45, 7) is 0.983. The number of rotatable bonds is 5. The lowest BCUT2D eigenvalue weighted by Gasteiger charge is -2.10. The highest BCUT2D eigenvalue weighted by Crippen LogP contribution is 2.27. The minimum atomic E-state index is -0.403. The van der Waals surface area contributed by atoms with E-state index in [-0.39, 0.29) is 5.97 Å². The molecule has 0 atom stereocenters. The molecular formula is C19H20N2O4. The molecule has 6 heteroatoms. The van der Waals surface area contributed by atoms with E-state index in [4.69, 9.17) is 9.47 Å². The third-order valence-electron chi connectivity index (χ3n) is 4.03. The topological polar surface area (TPSA) is 60.3 Å². The van der Waals surface area contributed by atoms with Crippen molar-refractivity contribution in [3.05, 3.63) is 53.7 Å². The Bertz CT molecular complexity index is 943. The monoisotopic (exact) mass is 340 g/mol. The van der Waals surface area contributed by atoms with E-state index < -0.39 is 5.97 Å². The van der Waals surface area contributed by atoms with Gasteiger partial charge in [-0.25, -0.2) is 9.59 Å². The van der Waals surface area contributed by atoms with Crippen LogP contribution in [0.2, 0.25) is 0 Å². The molecule has 0 N–H and O–H groups in total. The summed E-state index contributed by atoms with van der Waals surface area (Å²) in [5, 5.41) is 0.785. The van der Waals surface area contributed by atoms with Gasteiger partial charge < -0.3 is 18.8 Å². The van der Waals surface area contributed by atoms with Gasteiger partial charge in [0.05, 0.1) is 29.3 Å².